The molecule has 2 atom stereocenters. The van der Waals surface area contributed by atoms with Gasteiger partial charge in [-0.05, 0) is 51.7 Å². The summed E-state index contributed by atoms with van der Waals surface area (Å²) in [5.41, 5.74) is 0.298. The summed E-state index contributed by atoms with van der Waals surface area (Å²) in [6.45, 7) is 7.14. The third kappa shape index (κ3) is 6.24. The van der Waals surface area contributed by atoms with Crippen molar-refractivity contribution in [2.24, 2.45) is 5.92 Å². The smallest absolute Gasteiger partial charge is 0.407 e. The average Bonchev–Trinajstić information content (AvgIpc) is 3.46. The summed E-state index contributed by atoms with van der Waals surface area (Å²) in [5, 5.41) is 7.14. The summed E-state index contributed by atoms with van der Waals surface area (Å²) >= 11 is 12.5. The molecule has 2 N–H and O–H groups in total. The molecule has 1 aliphatic heterocycles. The summed E-state index contributed by atoms with van der Waals surface area (Å²) in [7, 11) is 0. The fourth-order valence-electron chi connectivity index (χ4n) is 3.58. The lowest BCUT2D eigenvalue weighted by atomic mass is 9.94. The number of carbonyl (C=O) groups is 2. The van der Waals surface area contributed by atoms with Gasteiger partial charge >= 0.3 is 6.09 Å². The van der Waals surface area contributed by atoms with E-state index in [1.165, 1.54) is 0 Å². The van der Waals surface area contributed by atoms with Crippen LogP contribution in [0, 0.1) is 5.92 Å². The Morgan fingerprint density at radius 1 is 1.24 bits per heavy atom. The van der Waals surface area contributed by atoms with Crippen LogP contribution in [-0.4, -0.2) is 47.7 Å². The Kier molecular flexibility index (Phi) is 6.97. The molecule has 29 heavy (non-hydrogen) atoms. The van der Waals surface area contributed by atoms with Crippen molar-refractivity contribution in [1.82, 2.24) is 15.5 Å². The van der Waals surface area contributed by atoms with Gasteiger partial charge in [-0.3, -0.25) is 4.79 Å². The predicted molar refractivity (Wildman–Crippen MR) is 114 cm³/mol. The van der Waals surface area contributed by atoms with Crippen molar-refractivity contribution in [1.29, 1.82) is 0 Å². The van der Waals surface area contributed by atoms with Gasteiger partial charge in [0.05, 0.1) is 16.0 Å². The van der Waals surface area contributed by atoms with Crippen LogP contribution >= 0.6 is 23.2 Å². The molecule has 0 spiro atoms. The maximum Gasteiger partial charge on any atom is 0.407 e. The lowest BCUT2D eigenvalue weighted by Gasteiger charge is -2.34. The zero-order valence-corrected chi connectivity index (χ0v) is 18.6. The third-order valence-corrected chi connectivity index (χ3v) is 5.92. The Hall–Kier alpha value is -1.50. The van der Waals surface area contributed by atoms with Crippen LogP contribution in [0.5, 0.6) is 0 Å². The highest BCUT2D eigenvalue weighted by molar-refractivity contribution is 6.42. The lowest BCUT2D eigenvalue weighted by Crippen LogP contribution is -2.53. The Morgan fingerprint density at radius 2 is 1.97 bits per heavy atom. The number of piperidine rings is 1. The summed E-state index contributed by atoms with van der Waals surface area (Å²) in [5.74, 6) is -0.117. The zero-order valence-electron chi connectivity index (χ0n) is 17.1. The molecular weight excluding hydrogens is 413 g/mol. The number of rotatable bonds is 5. The molecule has 1 aromatic carbocycles. The molecule has 0 bridgehead atoms. The van der Waals surface area contributed by atoms with Crippen molar-refractivity contribution in [3.63, 3.8) is 0 Å². The molecule has 0 unspecified atom stereocenters. The maximum absolute atomic E-state index is 13.3. The Morgan fingerprint density at radius 3 is 2.62 bits per heavy atom. The second-order valence-electron chi connectivity index (χ2n) is 8.84. The number of amides is 2. The van der Waals surface area contributed by atoms with E-state index in [1.54, 1.807) is 6.07 Å². The van der Waals surface area contributed by atoms with E-state index in [2.05, 4.69) is 10.6 Å². The summed E-state index contributed by atoms with van der Waals surface area (Å²) in [6, 6.07) is 5.60. The Balaban J connectivity index is 1.64. The van der Waals surface area contributed by atoms with Gasteiger partial charge in [-0.1, -0.05) is 35.3 Å². The van der Waals surface area contributed by atoms with Crippen LogP contribution in [-0.2, 0) is 16.1 Å². The second-order valence-corrected chi connectivity index (χ2v) is 9.63. The number of benzene rings is 1. The van der Waals surface area contributed by atoms with Crippen LogP contribution < -0.4 is 10.6 Å². The van der Waals surface area contributed by atoms with Crippen LogP contribution in [0.25, 0.3) is 0 Å². The molecule has 0 radical (unpaired) electrons. The van der Waals surface area contributed by atoms with Crippen LogP contribution in [0.3, 0.4) is 0 Å². The lowest BCUT2D eigenvalue weighted by molar-refractivity contribution is -0.137. The van der Waals surface area contributed by atoms with E-state index >= 15 is 0 Å². The van der Waals surface area contributed by atoms with E-state index in [9.17, 15) is 9.59 Å². The molecular formula is C21H29Cl2N3O3. The van der Waals surface area contributed by atoms with Crippen LogP contribution in [0.4, 0.5) is 4.79 Å². The highest BCUT2D eigenvalue weighted by atomic mass is 35.5. The second kappa shape index (κ2) is 9.11. The Bertz CT molecular complexity index is 762. The molecule has 160 valence electrons. The zero-order chi connectivity index (χ0) is 21.2. The largest absolute Gasteiger partial charge is 0.444 e. The van der Waals surface area contributed by atoms with Gasteiger partial charge in [0.25, 0.3) is 0 Å². The van der Waals surface area contributed by atoms with Crippen LogP contribution in [0.15, 0.2) is 18.2 Å². The molecule has 1 aliphatic carbocycles. The van der Waals surface area contributed by atoms with Crippen molar-refractivity contribution in [3.8, 4) is 0 Å². The molecule has 6 nitrogen and oxygen atoms in total. The number of nitrogens with one attached hydrogen (secondary N) is 2. The first kappa shape index (κ1) is 22.2. The minimum absolute atomic E-state index is 0.0896. The molecule has 1 heterocycles. The first-order chi connectivity index (χ1) is 13.6. The van der Waals surface area contributed by atoms with E-state index in [-0.39, 0.29) is 23.9 Å². The quantitative estimate of drug-likeness (QED) is 0.724. The van der Waals surface area contributed by atoms with Gasteiger partial charge < -0.3 is 20.3 Å². The number of alkyl carbamates (subject to hydrolysis) is 1. The summed E-state index contributed by atoms with van der Waals surface area (Å²) in [4.78, 5) is 27.3. The van der Waals surface area contributed by atoms with Crippen LogP contribution in [0.1, 0.15) is 45.6 Å². The minimum atomic E-state index is -0.555. The fourth-order valence-corrected chi connectivity index (χ4v) is 3.96. The van der Waals surface area contributed by atoms with Gasteiger partial charge in [0, 0.05) is 31.7 Å². The molecule has 2 amide bonds. The molecule has 2 aliphatic rings. The van der Waals surface area contributed by atoms with Crippen molar-refractivity contribution < 1.29 is 14.3 Å². The van der Waals surface area contributed by atoms with E-state index in [0.717, 1.165) is 18.4 Å². The fraction of sp³-hybridized carbons (Fsp3) is 0.619. The maximum atomic E-state index is 13.3. The SMILES string of the molecule is CC(C)(C)OC(=O)N[C@@H]1CNC[C@H](C(=O)N(Cc2cccc(Cl)c2Cl)C2CC2)C1. The van der Waals surface area contributed by atoms with E-state index < -0.39 is 11.7 Å². The van der Waals surface area contributed by atoms with Crippen molar-refractivity contribution >= 4 is 35.2 Å². The standard InChI is InChI=1S/C21H29Cl2N3O3/c1-21(2,3)29-20(28)25-15-9-14(10-24-11-15)19(27)26(16-7-8-16)12-13-5-4-6-17(22)18(13)23/h4-6,14-16,24H,7-12H2,1-3H3,(H,25,28)/t14-,15+/m1/s1. The highest BCUT2D eigenvalue weighted by Gasteiger charge is 2.38. The van der Waals surface area contributed by atoms with Crippen molar-refractivity contribution in [3.05, 3.63) is 33.8 Å². The molecule has 1 saturated carbocycles. The average molecular weight is 442 g/mol. The highest BCUT2D eigenvalue weighted by Crippen LogP contribution is 2.33. The first-order valence-corrected chi connectivity index (χ1v) is 10.8. The van der Waals surface area contributed by atoms with Crippen molar-refractivity contribution in [2.45, 2.75) is 64.3 Å². The first-order valence-electron chi connectivity index (χ1n) is 10.1. The van der Waals surface area contributed by atoms with Gasteiger partial charge in [-0.2, -0.15) is 0 Å². The summed E-state index contributed by atoms with van der Waals surface area (Å²) < 4.78 is 5.33. The minimum Gasteiger partial charge on any atom is -0.444 e. The number of hydrogen-bond donors (Lipinski definition) is 2. The van der Waals surface area contributed by atoms with Gasteiger partial charge in [0.15, 0.2) is 0 Å². The molecule has 2 fully saturated rings. The third-order valence-electron chi connectivity index (χ3n) is 5.06. The number of halogens is 2. The van der Waals surface area contributed by atoms with Crippen molar-refractivity contribution in [2.75, 3.05) is 13.1 Å². The van der Waals surface area contributed by atoms with E-state index in [4.69, 9.17) is 27.9 Å². The van der Waals surface area contributed by atoms with E-state index in [1.807, 2.05) is 37.8 Å². The molecule has 1 aromatic rings. The topological polar surface area (TPSA) is 70.7 Å². The van der Waals surface area contributed by atoms with Gasteiger partial charge in [0.1, 0.15) is 5.60 Å². The number of carbonyl (C=O) groups excluding carboxylic acids is 2. The van der Waals surface area contributed by atoms with E-state index in [0.29, 0.717) is 36.1 Å². The number of nitrogens with zero attached hydrogens (tertiary/aromatic N) is 1. The molecule has 8 heteroatoms. The Labute approximate surface area is 182 Å². The molecule has 3 rings (SSSR count). The molecule has 1 saturated heterocycles. The monoisotopic (exact) mass is 441 g/mol. The van der Waals surface area contributed by atoms with Gasteiger partial charge in [-0.25, -0.2) is 4.79 Å². The summed E-state index contributed by atoms with van der Waals surface area (Å²) in [6.07, 6.45) is 2.13. The van der Waals surface area contributed by atoms with Gasteiger partial charge in [-0.15, -0.1) is 0 Å². The van der Waals surface area contributed by atoms with Gasteiger partial charge in [0.2, 0.25) is 5.91 Å². The number of ether oxygens (including phenoxy) is 1. The molecule has 0 aromatic heterocycles. The van der Waals surface area contributed by atoms with Crippen LogP contribution in [0.2, 0.25) is 10.0 Å². The normalized spacial score (nSPS) is 22.1. The predicted octanol–water partition coefficient (Wildman–Crippen LogP) is 3.99. The number of hydrogen-bond acceptors (Lipinski definition) is 4.